The molecule has 0 atom stereocenters. The van der Waals surface area contributed by atoms with Gasteiger partial charge >= 0.3 is 0 Å². The summed E-state index contributed by atoms with van der Waals surface area (Å²) in [5, 5.41) is 3.34. The van der Waals surface area contributed by atoms with Gasteiger partial charge in [-0.3, -0.25) is 0 Å². The lowest BCUT2D eigenvalue weighted by atomic mass is 10.2. The Morgan fingerprint density at radius 1 is 1.25 bits per heavy atom. The predicted molar refractivity (Wildman–Crippen MR) is 65.3 cm³/mol. The van der Waals surface area contributed by atoms with Gasteiger partial charge in [-0.1, -0.05) is 6.07 Å². The smallest absolute Gasteiger partial charge is 0.120 e. The summed E-state index contributed by atoms with van der Waals surface area (Å²) in [5.41, 5.74) is 1.26. The van der Waals surface area contributed by atoms with Crippen molar-refractivity contribution in [1.29, 1.82) is 0 Å². The molecule has 0 bridgehead atoms. The van der Waals surface area contributed by atoms with Gasteiger partial charge in [0.05, 0.1) is 7.11 Å². The average molecular weight is 264 g/mol. The minimum Gasteiger partial charge on any atom is -1.00 e. The number of nitrogens with zero attached hydrogens (tertiary/aromatic N) is 1. The fraction of sp³-hybridized carbons (Fsp3) is 0.455. The minimum absolute atomic E-state index is 0. The third-order valence-electron chi connectivity index (χ3n) is 2.54. The summed E-state index contributed by atoms with van der Waals surface area (Å²) in [6, 6.07) is 8.24. The second-order valence-electron chi connectivity index (χ2n) is 3.44. The van der Waals surface area contributed by atoms with Crippen LogP contribution in [0, 0.1) is 0 Å². The second kappa shape index (κ2) is 7.60. The van der Waals surface area contributed by atoms with E-state index in [1.807, 2.05) is 12.1 Å². The highest BCUT2D eigenvalue weighted by Gasteiger charge is 2.10. The summed E-state index contributed by atoms with van der Waals surface area (Å²) >= 11 is 0. The minimum atomic E-state index is 0. The maximum atomic E-state index is 5.20. The zero-order valence-corrected chi connectivity index (χ0v) is 10.9. The van der Waals surface area contributed by atoms with Gasteiger partial charge in [0.1, 0.15) is 5.75 Å². The van der Waals surface area contributed by atoms with Gasteiger partial charge in [0.15, 0.2) is 0 Å². The molecule has 1 fully saturated rings. The first-order valence-corrected chi connectivity index (χ1v) is 5.00. The first-order valence-electron chi connectivity index (χ1n) is 5.00. The molecule has 0 radical (unpaired) electrons. The molecular weight excluding hydrogens is 247 g/mol. The lowest BCUT2D eigenvalue weighted by molar-refractivity contribution is -0.00000336. The Morgan fingerprint density at radius 3 is 2.56 bits per heavy atom. The van der Waals surface area contributed by atoms with Gasteiger partial charge in [-0.15, -0.1) is 12.4 Å². The largest absolute Gasteiger partial charge is 1.00 e. The molecular formula is C11H17Cl2N2O-. The van der Waals surface area contributed by atoms with E-state index in [0.29, 0.717) is 0 Å². The molecule has 1 heterocycles. The molecule has 1 aliphatic rings. The van der Waals surface area contributed by atoms with Crippen molar-refractivity contribution in [2.24, 2.45) is 0 Å². The van der Waals surface area contributed by atoms with Crippen molar-refractivity contribution in [3.63, 3.8) is 0 Å². The standard InChI is InChI=1S/C11H16N2O.2ClH/c1-14-11-4-2-3-10(9-11)13-7-5-12-6-8-13;;/h2-4,9,12H,5-8H2,1H3;2*1H/p-1. The number of hydrogen-bond acceptors (Lipinski definition) is 3. The monoisotopic (exact) mass is 263 g/mol. The molecule has 16 heavy (non-hydrogen) atoms. The van der Waals surface area contributed by atoms with Crippen LogP contribution >= 0.6 is 12.4 Å². The summed E-state index contributed by atoms with van der Waals surface area (Å²) in [7, 11) is 1.71. The van der Waals surface area contributed by atoms with Gasteiger partial charge in [-0.25, -0.2) is 0 Å². The maximum absolute atomic E-state index is 5.20. The van der Waals surface area contributed by atoms with Crippen LogP contribution in [0.15, 0.2) is 24.3 Å². The molecule has 0 aromatic heterocycles. The molecule has 0 saturated carbocycles. The molecule has 1 saturated heterocycles. The average Bonchev–Trinajstić information content (AvgIpc) is 2.30. The Balaban J connectivity index is 0.00000112. The van der Waals surface area contributed by atoms with Crippen LogP contribution in [0.5, 0.6) is 5.75 Å². The Kier molecular flexibility index (Phi) is 7.30. The summed E-state index contributed by atoms with van der Waals surface area (Å²) in [4.78, 5) is 2.37. The second-order valence-corrected chi connectivity index (χ2v) is 3.44. The van der Waals surface area contributed by atoms with E-state index in [2.05, 4.69) is 22.3 Å². The van der Waals surface area contributed by atoms with E-state index < -0.39 is 0 Å². The third kappa shape index (κ3) is 3.74. The molecule has 5 heteroatoms. The van der Waals surface area contributed by atoms with Crippen LogP contribution in [0.3, 0.4) is 0 Å². The first kappa shape index (κ1) is 15.4. The van der Waals surface area contributed by atoms with Crippen LogP contribution in [-0.2, 0) is 0 Å². The molecule has 92 valence electrons. The normalized spacial score (nSPS) is 14.7. The van der Waals surface area contributed by atoms with Crippen molar-refractivity contribution in [2.75, 3.05) is 38.2 Å². The van der Waals surface area contributed by atoms with Gasteiger partial charge in [0.2, 0.25) is 0 Å². The summed E-state index contributed by atoms with van der Waals surface area (Å²) < 4.78 is 5.20. The lowest BCUT2D eigenvalue weighted by Gasteiger charge is -2.29. The number of hydrogen-bond donors (Lipinski definition) is 1. The Morgan fingerprint density at radius 2 is 1.94 bits per heavy atom. The SMILES string of the molecule is COc1cccc(N2CCNCC2)c1.Cl.[Cl-]. The Labute approximate surface area is 109 Å². The van der Waals surface area contributed by atoms with Crippen molar-refractivity contribution in [1.82, 2.24) is 5.32 Å². The number of benzene rings is 1. The number of ether oxygens (including phenoxy) is 1. The molecule has 0 aliphatic carbocycles. The maximum Gasteiger partial charge on any atom is 0.120 e. The van der Waals surface area contributed by atoms with E-state index in [1.54, 1.807) is 7.11 Å². The highest BCUT2D eigenvalue weighted by Crippen LogP contribution is 2.20. The van der Waals surface area contributed by atoms with Crippen LogP contribution in [0.4, 0.5) is 5.69 Å². The molecule has 1 aromatic rings. The van der Waals surface area contributed by atoms with Crippen LogP contribution in [0.25, 0.3) is 0 Å². The summed E-state index contributed by atoms with van der Waals surface area (Å²) in [5.74, 6) is 0.932. The molecule has 2 rings (SSSR count). The zero-order valence-electron chi connectivity index (χ0n) is 9.28. The lowest BCUT2D eigenvalue weighted by Crippen LogP contribution is -3.00. The van der Waals surface area contributed by atoms with Gasteiger partial charge < -0.3 is 27.4 Å². The van der Waals surface area contributed by atoms with Gasteiger partial charge in [0, 0.05) is 37.9 Å². The highest BCUT2D eigenvalue weighted by atomic mass is 35.5. The summed E-state index contributed by atoms with van der Waals surface area (Å²) in [6.45, 7) is 4.29. The molecule has 1 aromatic carbocycles. The molecule has 0 amide bonds. The van der Waals surface area contributed by atoms with Gasteiger partial charge in [-0.05, 0) is 12.1 Å². The number of piperazine rings is 1. The zero-order chi connectivity index (χ0) is 9.80. The molecule has 3 nitrogen and oxygen atoms in total. The summed E-state index contributed by atoms with van der Waals surface area (Å²) in [6.07, 6.45) is 0. The number of methoxy groups -OCH3 is 1. The van der Waals surface area contributed by atoms with E-state index >= 15 is 0 Å². The Bertz CT molecular complexity index is 304. The predicted octanol–water partition coefficient (Wildman–Crippen LogP) is -1.47. The van der Waals surface area contributed by atoms with Crippen molar-refractivity contribution >= 4 is 18.1 Å². The van der Waals surface area contributed by atoms with Crippen LogP contribution in [0.1, 0.15) is 0 Å². The van der Waals surface area contributed by atoms with E-state index in [9.17, 15) is 0 Å². The number of nitrogens with one attached hydrogen (secondary N) is 1. The van der Waals surface area contributed by atoms with Gasteiger partial charge in [0.25, 0.3) is 0 Å². The fourth-order valence-electron chi connectivity index (χ4n) is 1.73. The molecule has 1 N–H and O–H groups in total. The van der Waals surface area contributed by atoms with E-state index in [4.69, 9.17) is 4.74 Å². The topological polar surface area (TPSA) is 24.5 Å². The van der Waals surface area contributed by atoms with Gasteiger partial charge in [-0.2, -0.15) is 0 Å². The van der Waals surface area contributed by atoms with Crippen molar-refractivity contribution < 1.29 is 17.1 Å². The molecule has 0 spiro atoms. The highest BCUT2D eigenvalue weighted by molar-refractivity contribution is 5.85. The van der Waals surface area contributed by atoms with Crippen molar-refractivity contribution in [2.45, 2.75) is 0 Å². The quantitative estimate of drug-likeness (QED) is 0.706. The molecule has 1 aliphatic heterocycles. The van der Waals surface area contributed by atoms with E-state index in [0.717, 1.165) is 31.9 Å². The van der Waals surface area contributed by atoms with Crippen LogP contribution in [-0.4, -0.2) is 33.3 Å². The van der Waals surface area contributed by atoms with Crippen molar-refractivity contribution in [3.8, 4) is 5.75 Å². The number of anilines is 1. The fourth-order valence-corrected chi connectivity index (χ4v) is 1.73. The van der Waals surface area contributed by atoms with Crippen LogP contribution in [0.2, 0.25) is 0 Å². The Hall–Kier alpha value is -0.640. The van der Waals surface area contributed by atoms with E-state index in [1.165, 1.54) is 5.69 Å². The third-order valence-corrected chi connectivity index (χ3v) is 2.54. The van der Waals surface area contributed by atoms with Crippen molar-refractivity contribution in [3.05, 3.63) is 24.3 Å². The number of rotatable bonds is 2. The number of halogens is 2. The van der Waals surface area contributed by atoms with Crippen LogP contribution < -0.4 is 27.4 Å². The first-order chi connectivity index (χ1) is 6.90. The molecule has 0 unspecified atom stereocenters. The van der Waals surface area contributed by atoms with E-state index in [-0.39, 0.29) is 24.8 Å².